The molecule has 0 bridgehead atoms. The van der Waals surface area contributed by atoms with Gasteiger partial charge in [-0.1, -0.05) is 35.1 Å². The fraction of sp³-hybridized carbons (Fsp3) is 0.143. The van der Waals surface area contributed by atoms with E-state index >= 15 is 0 Å². The smallest absolute Gasteiger partial charge is 0.316 e. The van der Waals surface area contributed by atoms with Gasteiger partial charge in [0, 0.05) is 17.3 Å². The Morgan fingerprint density at radius 2 is 1.90 bits per heavy atom. The second-order valence-corrected chi connectivity index (χ2v) is 7.30. The number of carbonyl (C=O) groups excluding carboxylic acids is 1. The molecular formula is C21H17FN4O3S. The molecule has 0 aliphatic carbocycles. The molecule has 2 heterocycles. The summed E-state index contributed by atoms with van der Waals surface area (Å²) >= 11 is 1.21. The highest BCUT2D eigenvalue weighted by Gasteiger charge is 2.18. The van der Waals surface area contributed by atoms with Crippen LogP contribution in [0.15, 0.2) is 70.3 Å². The first-order valence-electron chi connectivity index (χ1n) is 9.07. The first kappa shape index (κ1) is 19.8. The standard InChI is InChI=1S/C21H17FN4O3S/c1-14-11-17(25-29-14)12-28-19(27)13-30-21-24-23-20(15-7-9-16(22)10-8-15)26(21)18-5-3-2-4-6-18/h2-11H,12-13H2,1H3. The molecule has 2 aromatic carbocycles. The molecule has 0 fully saturated rings. The maximum atomic E-state index is 13.3. The van der Waals surface area contributed by atoms with E-state index in [0.717, 1.165) is 5.69 Å². The summed E-state index contributed by atoms with van der Waals surface area (Å²) < 4.78 is 25.3. The summed E-state index contributed by atoms with van der Waals surface area (Å²) in [5.74, 6) is 0.510. The number of carbonyl (C=O) groups is 1. The number of benzene rings is 2. The number of esters is 1. The summed E-state index contributed by atoms with van der Waals surface area (Å²) in [4.78, 5) is 12.2. The molecule has 0 atom stereocenters. The van der Waals surface area contributed by atoms with Crippen LogP contribution >= 0.6 is 11.8 Å². The number of nitrogens with zero attached hydrogens (tertiary/aromatic N) is 4. The number of halogens is 1. The lowest BCUT2D eigenvalue weighted by Crippen LogP contribution is -2.08. The third-order valence-electron chi connectivity index (χ3n) is 4.13. The van der Waals surface area contributed by atoms with Crippen LogP contribution in [0, 0.1) is 12.7 Å². The molecule has 0 aliphatic heterocycles. The molecule has 0 saturated heterocycles. The Kier molecular flexibility index (Phi) is 5.89. The minimum atomic E-state index is -0.411. The van der Waals surface area contributed by atoms with E-state index in [9.17, 15) is 9.18 Å². The zero-order valence-electron chi connectivity index (χ0n) is 16.0. The van der Waals surface area contributed by atoms with Crippen molar-refractivity contribution in [2.75, 3.05) is 5.75 Å². The molecule has 30 heavy (non-hydrogen) atoms. The van der Waals surface area contributed by atoms with Gasteiger partial charge in [-0.3, -0.25) is 9.36 Å². The Labute approximate surface area is 175 Å². The van der Waals surface area contributed by atoms with E-state index in [1.165, 1.54) is 23.9 Å². The Bertz CT molecular complexity index is 1140. The summed E-state index contributed by atoms with van der Waals surface area (Å²) in [5.41, 5.74) is 2.09. The number of thioether (sulfide) groups is 1. The fourth-order valence-electron chi connectivity index (χ4n) is 2.76. The second kappa shape index (κ2) is 8.91. The number of para-hydroxylation sites is 1. The summed E-state index contributed by atoms with van der Waals surface area (Å²) in [6.07, 6.45) is 0. The molecule has 0 N–H and O–H groups in total. The number of hydrogen-bond donors (Lipinski definition) is 0. The first-order valence-corrected chi connectivity index (χ1v) is 10.1. The van der Waals surface area contributed by atoms with Crippen LogP contribution in [0.5, 0.6) is 0 Å². The zero-order valence-corrected chi connectivity index (χ0v) is 16.8. The maximum Gasteiger partial charge on any atom is 0.316 e. The van der Waals surface area contributed by atoms with E-state index in [1.54, 1.807) is 25.1 Å². The van der Waals surface area contributed by atoms with Crippen molar-refractivity contribution in [3.05, 3.63) is 77.9 Å². The molecule has 2 aromatic heterocycles. The van der Waals surface area contributed by atoms with E-state index in [-0.39, 0.29) is 18.2 Å². The molecule has 0 saturated carbocycles. The van der Waals surface area contributed by atoms with Crippen LogP contribution in [-0.4, -0.2) is 31.6 Å². The van der Waals surface area contributed by atoms with Gasteiger partial charge in [0.25, 0.3) is 0 Å². The molecule has 0 aliphatic rings. The van der Waals surface area contributed by atoms with Crippen molar-refractivity contribution in [2.45, 2.75) is 18.7 Å². The lowest BCUT2D eigenvalue weighted by molar-refractivity contribution is -0.141. The van der Waals surface area contributed by atoms with Gasteiger partial charge < -0.3 is 9.26 Å². The van der Waals surface area contributed by atoms with Crippen LogP contribution in [0.1, 0.15) is 11.5 Å². The highest BCUT2D eigenvalue weighted by Crippen LogP contribution is 2.28. The Hall–Kier alpha value is -3.46. The third kappa shape index (κ3) is 4.57. The quantitative estimate of drug-likeness (QED) is 0.325. The third-order valence-corrected chi connectivity index (χ3v) is 5.03. The summed E-state index contributed by atoms with van der Waals surface area (Å²) in [6, 6.07) is 17.2. The van der Waals surface area contributed by atoms with E-state index < -0.39 is 5.97 Å². The van der Waals surface area contributed by atoms with Gasteiger partial charge in [-0.2, -0.15) is 0 Å². The number of rotatable bonds is 7. The highest BCUT2D eigenvalue weighted by molar-refractivity contribution is 7.99. The van der Waals surface area contributed by atoms with Crippen LogP contribution in [-0.2, 0) is 16.1 Å². The number of aromatic nitrogens is 4. The van der Waals surface area contributed by atoms with Gasteiger partial charge in [0.2, 0.25) is 0 Å². The molecule has 0 amide bonds. The number of ether oxygens (including phenoxy) is 1. The van der Waals surface area contributed by atoms with Crippen molar-refractivity contribution in [1.29, 1.82) is 0 Å². The van der Waals surface area contributed by atoms with Gasteiger partial charge >= 0.3 is 5.97 Å². The fourth-order valence-corrected chi connectivity index (χ4v) is 3.51. The minimum Gasteiger partial charge on any atom is -0.458 e. The lowest BCUT2D eigenvalue weighted by Gasteiger charge is -2.10. The van der Waals surface area contributed by atoms with Gasteiger partial charge in [0.15, 0.2) is 11.0 Å². The zero-order chi connectivity index (χ0) is 20.9. The van der Waals surface area contributed by atoms with Crippen LogP contribution in [0.3, 0.4) is 0 Å². The molecule has 0 unspecified atom stereocenters. The van der Waals surface area contributed by atoms with Gasteiger partial charge in [0.05, 0.1) is 5.75 Å². The number of aryl methyl sites for hydroxylation is 1. The van der Waals surface area contributed by atoms with E-state index in [2.05, 4.69) is 15.4 Å². The van der Waals surface area contributed by atoms with Crippen LogP contribution in [0.4, 0.5) is 4.39 Å². The van der Waals surface area contributed by atoms with Crippen molar-refractivity contribution in [3.63, 3.8) is 0 Å². The Morgan fingerprint density at radius 1 is 1.13 bits per heavy atom. The van der Waals surface area contributed by atoms with Gasteiger partial charge in [0.1, 0.15) is 23.9 Å². The lowest BCUT2D eigenvalue weighted by atomic mass is 10.2. The molecule has 9 heteroatoms. The molecule has 4 rings (SSSR count). The van der Waals surface area contributed by atoms with Crippen LogP contribution < -0.4 is 0 Å². The maximum absolute atomic E-state index is 13.3. The molecule has 4 aromatic rings. The van der Waals surface area contributed by atoms with Crippen molar-refractivity contribution in [2.24, 2.45) is 0 Å². The van der Waals surface area contributed by atoms with Crippen LogP contribution in [0.2, 0.25) is 0 Å². The van der Waals surface area contributed by atoms with Gasteiger partial charge in [-0.05, 0) is 43.3 Å². The second-order valence-electron chi connectivity index (χ2n) is 6.36. The highest BCUT2D eigenvalue weighted by atomic mass is 32.2. The van der Waals surface area contributed by atoms with Crippen molar-refractivity contribution in [1.82, 2.24) is 19.9 Å². The first-order chi connectivity index (χ1) is 14.6. The van der Waals surface area contributed by atoms with Gasteiger partial charge in [-0.15, -0.1) is 10.2 Å². The molecule has 152 valence electrons. The van der Waals surface area contributed by atoms with Crippen molar-refractivity contribution < 1.29 is 18.4 Å². The Balaban J connectivity index is 1.52. The van der Waals surface area contributed by atoms with Crippen molar-refractivity contribution in [3.8, 4) is 17.1 Å². The monoisotopic (exact) mass is 424 g/mol. The topological polar surface area (TPSA) is 83.0 Å². The normalized spacial score (nSPS) is 10.9. The average Bonchev–Trinajstić information content (AvgIpc) is 3.38. The number of hydrogen-bond acceptors (Lipinski definition) is 7. The van der Waals surface area contributed by atoms with Gasteiger partial charge in [-0.25, -0.2) is 4.39 Å². The van der Waals surface area contributed by atoms with E-state index in [0.29, 0.717) is 28.0 Å². The molecule has 0 radical (unpaired) electrons. The molecule has 7 nitrogen and oxygen atoms in total. The van der Waals surface area contributed by atoms with Crippen LogP contribution in [0.25, 0.3) is 17.1 Å². The summed E-state index contributed by atoms with van der Waals surface area (Å²) in [5, 5.41) is 12.8. The summed E-state index contributed by atoms with van der Waals surface area (Å²) in [7, 11) is 0. The average molecular weight is 424 g/mol. The predicted octanol–water partition coefficient (Wildman–Crippen LogP) is 4.21. The Morgan fingerprint density at radius 3 is 2.60 bits per heavy atom. The van der Waals surface area contributed by atoms with E-state index in [4.69, 9.17) is 9.26 Å². The largest absolute Gasteiger partial charge is 0.458 e. The predicted molar refractivity (Wildman–Crippen MR) is 109 cm³/mol. The van der Waals surface area contributed by atoms with E-state index in [1.807, 2.05) is 34.9 Å². The summed E-state index contributed by atoms with van der Waals surface area (Å²) in [6.45, 7) is 1.81. The molecule has 0 spiro atoms. The SMILES string of the molecule is Cc1cc(COC(=O)CSc2nnc(-c3ccc(F)cc3)n2-c2ccccc2)no1. The minimum absolute atomic E-state index is 0.0446. The van der Waals surface area contributed by atoms with Crippen molar-refractivity contribution >= 4 is 17.7 Å². The molecular weight excluding hydrogens is 407 g/mol.